The third-order valence-electron chi connectivity index (χ3n) is 2.73. The molecule has 0 radical (unpaired) electrons. The Bertz CT molecular complexity index is 475. The van der Waals surface area contributed by atoms with Crippen molar-refractivity contribution in [2.24, 2.45) is 5.92 Å². The highest BCUT2D eigenvalue weighted by molar-refractivity contribution is 5.39. The number of halogens is 3. The van der Waals surface area contributed by atoms with Gasteiger partial charge < -0.3 is 4.74 Å². The number of rotatable bonds is 4. The molecule has 0 atom stereocenters. The number of pyridine rings is 1. The topological polar surface area (TPSA) is 45.9 Å². The second kappa shape index (κ2) is 4.84. The minimum absolute atomic E-state index is 0.0267. The van der Waals surface area contributed by atoms with Crippen molar-refractivity contribution in [2.75, 3.05) is 6.61 Å². The summed E-state index contributed by atoms with van der Waals surface area (Å²) in [4.78, 5) is 3.36. The molecule has 1 fully saturated rings. The van der Waals surface area contributed by atoms with Crippen LogP contribution in [-0.2, 0) is 6.18 Å². The van der Waals surface area contributed by atoms with Crippen LogP contribution in [0.2, 0.25) is 0 Å². The van der Waals surface area contributed by atoms with E-state index < -0.39 is 11.9 Å². The summed E-state index contributed by atoms with van der Waals surface area (Å²) < 4.78 is 42.6. The molecule has 1 aromatic heterocycles. The minimum atomic E-state index is -4.53. The average Bonchev–Trinajstić information content (AvgIpc) is 3.12. The number of hydrogen-bond acceptors (Lipinski definition) is 3. The van der Waals surface area contributed by atoms with Crippen LogP contribution in [0.4, 0.5) is 13.2 Å². The van der Waals surface area contributed by atoms with E-state index in [1.807, 2.05) is 0 Å². The highest BCUT2D eigenvalue weighted by Gasteiger charge is 2.33. The molecule has 1 aromatic rings. The lowest BCUT2D eigenvalue weighted by atomic mass is 10.2. The summed E-state index contributed by atoms with van der Waals surface area (Å²) in [5.74, 6) is 0.384. The molecular formula is C12H11F3N2O. The van der Waals surface area contributed by atoms with E-state index >= 15 is 0 Å². The molecule has 1 heterocycles. The first-order valence-corrected chi connectivity index (χ1v) is 5.62. The van der Waals surface area contributed by atoms with E-state index in [1.165, 1.54) is 0 Å². The van der Waals surface area contributed by atoms with E-state index in [0.29, 0.717) is 12.5 Å². The molecular weight excluding hydrogens is 245 g/mol. The van der Waals surface area contributed by atoms with Gasteiger partial charge in [0.2, 0.25) is 5.88 Å². The molecule has 0 aromatic carbocycles. The van der Waals surface area contributed by atoms with E-state index in [2.05, 4.69) is 4.98 Å². The largest absolute Gasteiger partial charge is 0.477 e. The third kappa shape index (κ3) is 3.13. The number of alkyl halides is 3. The smallest absolute Gasteiger partial charge is 0.433 e. The van der Waals surface area contributed by atoms with Crippen molar-refractivity contribution in [1.82, 2.24) is 4.98 Å². The van der Waals surface area contributed by atoms with Crippen LogP contribution in [0.25, 0.3) is 0 Å². The zero-order chi connectivity index (χ0) is 13.2. The minimum Gasteiger partial charge on any atom is -0.477 e. The van der Waals surface area contributed by atoms with Gasteiger partial charge >= 0.3 is 6.18 Å². The normalized spacial score (nSPS) is 15.2. The molecule has 96 valence electrons. The van der Waals surface area contributed by atoms with Gasteiger partial charge in [0.05, 0.1) is 6.61 Å². The fourth-order valence-electron chi connectivity index (χ4n) is 1.52. The molecule has 18 heavy (non-hydrogen) atoms. The van der Waals surface area contributed by atoms with Crippen molar-refractivity contribution < 1.29 is 17.9 Å². The highest BCUT2D eigenvalue weighted by Crippen LogP contribution is 2.33. The Labute approximate surface area is 102 Å². The zero-order valence-corrected chi connectivity index (χ0v) is 9.50. The number of ether oxygens (including phenoxy) is 1. The maximum atomic E-state index is 12.5. The highest BCUT2D eigenvalue weighted by atomic mass is 19.4. The average molecular weight is 256 g/mol. The van der Waals surface area contributed by atoms with Crippen LogP contribution in [0.1, 0.15) is 30.5 Å². The fraction of sp³-hybridized carbons (Fsp3) is 0.500. The Kier molecular flexibility index (Phi) is 3.41. The van der Waals surface area contributed by atoms with E-state index in [9.17, 15) is 13.2 Å². The van der Waals surface area contributed by atoms with Gasteiger partial charge in [-0.05, 0) is 24.5 Å². The van der Waals surface area contributed by atoms with Crippen LogP contribution in [0.5, 0.6) is 5.88 Å². The lowest BCUT2D eigenvalue weighted by Crippen LogP contribution is -2.10. The van der Waals surface area contributed by atoms with Crippen LogP contribution in [0, 0.1) is 17.2 Å². The van der Waals surface area contributed by atoms with Gasteiger partial charge in [-0.25, -0.2) is 4.98 Å². The van der Waals surface area contributed by atoms with Gasteiger partial charge in [0.25, 0.3) is 0 Å². The second-order valence-electron chi connectivity index (χ2n) is 4.24. The van der Waals surface area contributed by atoms with Crippen molar-refractivity contribution in [2.45, 2.75) is 25.4 Å². The third-order valence-corrected chi connectivity index (χ3v) is 2.73. The predicted molar refractivity (Wildman–Crippen MR) is 56.8 cm³/mol. The van der Waals surface area contributed by atoms with Gasteiger partial charge in [0.15, 0.2) is 0 Å². The number of nitriles is 1. The number of hydrogen-bond donors (Lipinski definition) is 0. The quantitative estimate of drug-likeness (QED) is 0.831. The van der Waals surface area contributed by atoms with Crippen LogP contribution >= 0.6 is 0 Å². The Morgan fingerprint density at radius 2 is 2.11 bits per heavy atom. The number of aromatic nitrogens is 1. The SMILES string of the molecule is N#Cc1ccc(C(F)(F)F)nc1OCCC1CC1. The molecule has 0 unspecified atom stereocenters. The van der Waals surface area contributed by atoms with Crippen LogP contribution < -0.4 is 4.74 Å². The molecule has 0 bridgehead atoms. The summed E-state index contributed by atoms with van der Waals surface area (Å²) in [6.45, 7) is 0.299. The first-order chi connectivity index (χ1) is 8.50. The van der Waals surface area contributed by atoms with E-state index in [4.69, 9.17) is 10.00 Å². The maximum Gasteiger partial charge on any atom is 0.433 e. The Morgan fingerprint density at radius 3 is 2.67 bits per heavy atom. The monoisotopic (exact) mass is 256 g/mol. The zero-order valence-electron chi connectivity index (χ0n) is 9.50. The molecule has 0 amide bonds. The van der Waals surface area contributed by atoms with Gasteiger partial charge in [-0.3, -0.25) is 0 Å². The van der Waals surface area contributed by atoms with Crippen molar-refractivity contribution >= 4 is 0 Å². The van der Waals surface area contributed by atoms with Crippen molar-refractivity contribution in [3.8, 4) is 11.9 Å². The van der Waals surface area contributed by atoms with Gasteiger partial charge in [0, 0.05) is 0 Å². The predicted octanol–water partition coefficient (Wildman–Crippen LogP) is 3.15. The molecule has 0 spiro atoms. The van der Waals surface area contributed by atoms with E-state index in [0.717, 1.165) is 31.4 Å². The number of nitrogens with zero attached hydrogens (tertiary/aromatic N) is 2. The van der Waals surface area contributed by atoms with Crippen molar-refractivity contribution in [3.63, 3.8) is 0 Å². The molecule has 0 aliphatic heterocycles. The molecule has 1 aliphatic carbocycles. The van der Waals surface area contributed by atoms with Crippen LogP contribution in [-0.4, -0.2) is 11.6 Å². The van der Waals surface area contributed by atoms with Gasteiger partial charge in [0.1, 0.15) is 17.3 Å². The van der Waals surface area contributed by atoms with Crippen molar-refractivity contribution in [3.05, 3.63) is 23.4 Å². The molecule has 3 nitrogen and oxygen atoms in total. The molecule has 0 saturated heterocycles. The van der Waals surface area contributed by atoms with E-state index in [-0.39, 0.29) is 11.4 Å². The molecule has 0 N–H and O–H groups in total. The fourth-order valence-corrected chi connectivity index (χ4v) is 1.52. The first kappa shape index (κ1) is 12.7. The second-order valence-corrected chi connectivity index (χ2v) is 4.24. The summed E-state index contributed by atoms with van der Waals surface area (Å²) >= 11 is 0. The lowest BCUT2D eigenvalue weighted by Gasteiger charge is -2.10. The Balaban J connectivity index is 2.11. The lowest BCUT2D eigenvalue weighted by molar-refractivity contribution is -0.141. The van der Waals surface area contributed by atoms with Gasteiger partial charge in [-0.15, -0.1) is 0 Å². The Hall–Kier alpha value is -1.77. The molecule has 2 rings (SSSR count). The van der Waals surface area contributed by atoms with Crippen LogP contribution in [0.15, 0.2) is 12.1 Å². The van der Waals surface area contributed by atoms with E-state index in [1.54, 1.807) is 6.07 Å². The summed E-state index contributed by atoms with van der Waals surface area (Å²) in [7, 11) is 0. The maximum absolute atomic E-state index is 12.5. The summed E-state index contributed by atoms with van der Waals surface area (Å²) in [6, 6.07) is 3.64. The molecule has 6 heteroatoms. The van der Waals surface area contributed by atoms with Crippen LogP contribution in [0.3, 0.4) is 0 Å². The molecule has 1 aliphatic rings. The molecule has 1 saturated carbocycles. The van der Waals surface area contributed by atoms with Crippen molar-refractivity contribution in [1.29, 1.82) is 5.26 Å². The van der Waals surface area contributed by atoms with Gasteiger partial charge in [-0.2, -0.15) is 18.4 Å². The summed E-state index contributed by atoms with van der Waals surface area (Å²) in [6.07, 6.45) is -1.44. The summed E-state index contributed by atoms with van der Waals surface area (Å²) in [5.41, 5.74) is -1.01. The standard InChI is InChI=1S/C12H11F3N2O/c13-12(14,15)10-4-3-9(7-16)11(17-10)18-6-5-8-1-2-8/h3-4,8H,1-2,5-6H2. The Morgan fingerprint density at radius 1 is 1.39 bits per heavy atom. The van der Waals surface area contributed by atoms with Gasteiger partial charge in [-0.1, -0.05) is 12.8 Å². The first-order valence-electron chi connectivity index (χ1n) is 5.62. The summed E-state index contributed by atoms with van der Waals surface area (Å²) in [5, 5.41) is 8.78.